The van der Waals surface area contributed by atoms with E-state index in [1.54, 1.807) is 0 Å². The summed E-state index contributed by atoms with van der Waals surface area (Å²) >= 11 is 0. The average molecular weight is 239 g/mol. The van der Waals surface area contributed by atoms with Crippen LogP contribution in [0.1, 0.15) is 19.8 Å². The second-order valence-electron chi connectivity index (χ2n) is 4.94. The molecular formula is C11H17N3O3. The lowest BCUT2D eigenvalue weighted by atomic mass is 9.79. The summed E-state index contributed by atoms with van der Waals surface area (Å²) in [5, 5.41) is 5.39. The van der Waals surface area contributed by atoms with Crippen molar-refractivity contribution in [1.29, 1.82) is 0 Å². The molecule has 3 amide bonds. The van der Waals surface area contributed by atoms with E-state index in [-0.39, 0.29) is 19.0 Å². The molecule has 0 saturated carbocycles. The Morgan fingerprint density at radius 3 is 2.24 bits per heavy atom. The van der Waals surface area contributed by atoms with Crippen LogP contribution in [-0.4, -0.2) is 48.8 Å². The zero-order valence-corrected chi connectivity index (χ0v) is 9.91. The monoisotopic (exact) mass is 239 g/mol. The van der Waals surface area contributed by atoms with Gasteiger partial charge in [-0.3, -0.25) is 19.7 Å². The second kappa shape index (κ2) is 4.44. The lowest BCUT2D eigenvalue weighted by molar-refractivity contribution is -0.151. The summed E-state index contributed by atoms with van der Waals surface area (Å²) in [4.78, 5) is 36.2. The minimum absolute atomic E-state index is 0.00636. The van der Waals surface area contributed by atoms with Crippen LogP contribution in [-0.2, 0) is 14.4 Å². The maximum Gasteiger partial charge on any atom is 0.246 e. The van der Waals surface area contributed by atoms with E-state index in [1.807, 2.05) is 6.92 Å². The molecule has 0 atom stereocenters. The van der Waals surface area contributed by atoms with Gasteiger partial charge >= 0.3 is 0 Å². The smallest absolute Gasteiger partial charge is 0.246 e. The highest BCUT2D eigenvalue weighted by Crippen LogP contribution is 2.30. The summed E-state index contributed by atoms with van der Waals surface area (Å²) in [7, 11) is 0. The van der Waals surface area contributed by atoms with Gasteiger partial charge < -0.3 is 10.2 Å². The number of piperazine rings is 1. The molecule has 2 fully saturated rings. The first-order valence-corrected chi connectivity index (χ1v) is 5.84. The summed E-state index contributed by atoms with van der Waals surface area (Å²) < 4.78 is 0. The number of nitrogens with zero attached hydrogens (tertiary/aromatic N) is 1. The summed E-state index contributed by atoms with van der Waals surface area (Å²) in [6, 6.07) is 0. The van der Waals surface area contributed by atoms with Crippen LogP contribution in [0.4, 0.5) is 0 Å². The second-order valence-corrected chi connectivity index (χ2v) is 4.94. The van der Waals surface area contributed by atoms with Gasteiger partial charge in [0.15, 0.2) is 0 Å². The minimum atomic E-state index is -0.441. The summed E-state index contributed by atoms with van der Waals surface area (Å²) in [6.45, 7) is 3.50. The third-order valence-corrected chi connectivity index (χ3v) is 3.46. The number of amides is 3. The molecule has 17 heavy (non-hydrogen) atoms. The van der Waals surface area contributed by atoms with E-state index in [9.17, 15) is 14.4 Å². The molecule has 0 aliphatic carbocycles. The van der Waals surface area contributed by atoms with Crippen LogP contribution < -0.4 is 10.6 Å². The topological polar surface area (TPSA) is 78.5 Å². The number of carbonyl (C=O) groups is 3. The molecule has 0 unspecified atom stereocenters. The normalized spacial score (nSPS) is 24.4. The first kappa shape index (κ1) is 12.0. The SMILES string of the molecule is CC1(C(=O)N2CC(=O)NC(=O)C2)CCNCC1. The lowest BCUT2D eigenvalue weighted by Gasteiger charge is -2.38. The highest BCUT2D eigenvalue weighted by Gasteiger charge is 2.40. The van der Waals surface area contributed by atoms with Crippen molar-refractivity contribution in [3.63, 3.8) is 0 Å². The summed E-state index contributed by atoms with van der Waals surface area (Å²) in [5.74, 6) is -0.874. The molecule has 6 nitrogen and oxygen atoms in total. The van der Waals surface area contributed by atoms with E-state index < -0.39 is 17.2 Å². The quantitative estimate of drug-likeness (QED) is 0.567. The van der Waals surface area contributed by atoms with E-state index in [1.165, 1.54) is 4.90 Å². The molecule has 0 radical (unpaired) electrons. The fourth-order valence-electron chi connectivity index (χ4n) is 2.35. The van der Waals surface area contributed by atoms with Crippen molar-refractivity contribution in [3.8, 4) is 0 Å². The third kappa shape index (κ3) is 2.46. The maximum atomic E-state index is 12.3. The van der Waals surface area contributed by atoms with Crippen LogP contribution in [0.5, 0.6) is 0 Å². The molecule has 2 rings (SSSR count). The van der Waals surface area contributed by atoms with Crippen LogP contribution in [0.25, 0.3) is 0 Å². The summed E-state index contributed by atoms with van der Waals surface area (Å²) in [5.41, 5.74) is -0.441. The molecule has 0 aromatic rings. The van der Waals surface area contributed by atoms with Crippen molar-refractivity contribution in [2.24, 2.45) is 5.41 Å². The Kier molecular flexibility index (Phi) is 3.15. The average Bonchev–Trinajstić information content (AvgIpc) is 2.27. The van der Waals surface area contributed by atoms with E-state index in [0.29, 0.717) is 0 Å². The highest BCUT2D eigenvalue weighted by molar-refractivity contribution is 6.03. The molecule has 2 N–H and O–H groups in total. The van der Waals surface area contributed by atoms with Gasteiger partial charge in [0.05, 0.1) is 0 Å². The van der Waals surface area contributed by atoms with Gasteiger partial charge in [-0.05, 0) is 25.9 Å². The summed E-state index contributed by atoms with van der Waals surface area (Å²) in [6.07, 6.45) is 1.50. The number of hydrogen-bond acceptors (Lipinski definition) is 4. The molecule has 2 heterocycles. The third-order valence-electron chi connectivity index (χ3n) is 3.46. The Labute approximate surface area is 99.7 Å². The molecule has 0 aromatic heterocycles. The van der Waals surface area contributed by atoms with Crippen LogP contribution in [0.3, 0.4) is 0 Å². The molecule has 2 aliphatic heterocycles. The van der Waals surface area contributed by atoms with Crippen LogP contribution in [0.15, 0.2) is 0 Å². The Morgan fingerprint density at radius 2 is 1.71 bits per heavy atom. The maximum absolute atomic E-state index is 12.3. The zero-order valence-electron chi connectivity index (χ0n) is 9.91. The molecule has 2 aliphatic rings. The largest absolute Gasteiger partial charge is 0.324 e. The van der Waals surface area contributed by atoms with Gasteiger partial charge in [0.1, 0.15) is 13.1 Å². The Morgan fingerprint density at radius 1 is 1.18 bits per heavy atom. The number of piperidine rings is 1. The first-order chi connectivity index (χ1) is 8.01. The first-order valence-electron chi connectivity index (χ1n) is 5.84. The number of rotatable bonds is 1. The van der Waals surface area contributed by atoms with Crippen molar-refractivity contribution < 1.29 is 14.4 Å². The van der Waals surface area contributed by atoms with Crippen molar-refractivity contribution in [1.82, 2.24) is 15.5 Å². The number of nitrogens with one attached hydrogen (secondary N) is 2. The molecular weight excluding hydrogens is 222 g/mol. The Bertz CT molecular complexity index is 345. The van der Waals surface area contributed by atoms with Crippen LogP contribution in [0, 0.1) is 5.41 Å². The molecule has 0 spiro atoms. The van der Waals surface area contributed by atoms with E-state index >= 15 is 0 Å². The van der Waals surface area contributed by atoms with Crippen molar-refractivity contribution >= 4 is 17.7 Å². The lowest BCUT2D eigenvalue weighted by Crippen LogP contribution is -2.57. The molecule has 0 bridgehead atoms. The van der Waals surface area contributed by atoms with E-state index in [2.05, 4.69) is 10.6 Å². The molecule has 0 aromatic carbocycles. The Hall–Kier alpha value is -1.43. The van der Waals surface area contributed by atoms with Gasteiger partial charge in [-0.2, -0.15) is 0 Å². The molecule has 6 heteroatoms. The van der Waals surface area contributed by atoms with Gasteiger partial charge in [0.25, 0.3) is 0 Å². The van der Waals surface area contributed by atoms with Gasteiger partial charge in [-0.25, -0.2) is 0 Å². The number of carbonyl (C=O) groups excluding carboxylic acids is 3. The van der Waals surface area contributed by atoms with Crippen LogP contribution in [0.2, 0.25) is 0 Å². The van der Waals surface area contributed by atoms with Crippen LogP contribution >= 0.6 is 0 Å². The van der Waals surface area contributed by atoms with Crippen molar-refractivity contribution in [2.75, 3.05) is 26.2 Å². The van der Waals surface area contributed by atoms with Gasteiger partial charge in [0, 0.05) is 5.41 Å². The predicted octanol–water partition coefficient (Wildman–Crippen LogP) is -1.14. The fourth-order valence-corrected chi connectivity index (χ4v) is 2.35. The van der Waals surface area contributed by atoms with Gasteiger partial charge in [-0.15, -0.1) is 0 Å². The molecule has 94 valence electrons. The van der Waals surface area contributed by atoms with E-state index in [4.69, 9.17) is 0 Å². The van der Waals surface area contributed by atoms with E-state index in [0.717, 1.165) is 25.9 Å². The highest BCUT2D eigenvalue weighted by atomic mass is 16.2. The van der Waals surface area contributed by atoms with Crippen molar-refractivity contribution in [2.45, 2.75) is 19.8 Å². The zero-order chi connectivity index (χ0) is 12.5. The van der Waals surface area contributed by atoms with Gasteiger partial charge in [-0.1, -0.05) is 6.92 Å². The predicted molar refractivity (Wildman–Crippen MR) is 59.9 cm³/mol. The van der Waals surface area contributed by atoms with Gasteiger partial charge in [0.2, 0.25) is 17.7 Å². The minimum Gasteiger partial charge on any atom is -0.324 e. The molecule has 2 saturated heterocycles. The fraction of sp³-hybridized carbons (Fsp3) is 0.727. The standard InChI is InChI=1S/C11H17N3O3/c1-11(2-4-12-5-3-11)10(17)14-6-8(15)13-9(16)7-14/h12H,2-7H2,1H3,(H,13,15,16). The number of imide groups is 1. The Balaban J connectivity index is 2.08. The number of hydrogen-bond donors (Lipinski definition) is 2. The van der Waals surface area contributed by atoms with Crippen molar-refractivity contribution in [3.05, 3.63) is 0 Å².